The molecule has 0 saturated heterocycles. The first-order valence-electron chi connectivity index (χ1n) is 6.51. The molecule has 7 heteroatoms. The first kappa shape index (κ1) is 16.6. The monoisotopic (exact) mass is 294 g/mol. The molecule has 1 aromatic carbocycles. The number of nitrogens with zero attached hydrogens (tertiary/aromatic N) is 1. The number of aryl methyl sites for hydroxylation is 1. The molecule has 0 bridgehead atoms. The van der Waals surface area contributed by atoms with Gasteiger partial charge >= 0.3 is 5.97 Å². The van der Waals surface area contributed by atoms with Crippen molar-refractivity contribution in [3.05, 3.63) is 39.4 Å². The highest BCUT2D eigenvalue weighted by Crippen LogP contribution is 2.19. The van der Waals surface area contributed by atoms with Crippen LogP contribution in [0.2, 0.25) is 0 Å². The number of amides is 1. The fraction of sp³-hybridized carbons (Fsp3) is 0.429. The van der Waals surface area contributed by atoms with E-state index in [-0.39, 0.29) is 23.6 Å². The van der Waals surface area contributed by atoms with Crippen LogP contribution in [0.3, 0.4) is 0 Å². The summed E-state index contributed by atoms with van der Waals surface area (Å²) in [5.41, 5.74) is 0.342. The Bertz CT molecular complexity index is 568. The zero-order chi connectivity index (χ0) is 16.2. The first-order chi connectivity index (χ1) is 9.72. The van der Waals surface area contributed by atoms with Crippen molar-refractivity contribution in [3.63, 3.8) is 0 Å². The van der Waals surface area contributed by atoms with Gasteiger partial charge in [0.05, 0.1) is 4.92 Å². The molecule has 0 radical (unpaired) electrons. The number of aliphatic carboxylic acids is 1. The van der Waals surface area contributed by atoms with Crippen molar-refractivity contribution in [1.29, 1.82) is 0 Å². The summed E-state index contributed by atoms with van der Waals surface area (Å²) in [5, 5.41) is 22.3. The number of nitro groups is 1. The fourth-order valence-electron chi connectivity index (χ4n) is 1.88. The van der Waals surface area contributed by atoms with Gasteiger partial charge in [-0.1, -0.05) is 19.9 Å². The second kappa shape index (κ2) is 6.83. The smallest absolute Gasteiger partial charge is 0.326 e. The van der Waals surface area contributed by atoms with Crippen molar-refractivity contribution in [2.24, 2.45) is 5.92 Å². The van der Waals surface area contributed by atoms with E-state index >= 15 is 0 Å². The molecule has 0 fully saturated rings. The largest absolute Gasteiger partial charge is 0.480 e. The third kappa shape index (κ3) is 4.55. The number of hydrogen-bond donors (Lipinski definition) is 2. The van der Waals surface area contributed by atoms with Crippen LogP contribution in [-0.4, -0.2) is 27.9 Å². The molecule has 0 spiro atoms. The summed E-state index contributed by atoms with van der Waals surface area (Å²) in [5.74, 6) is -1.66. The van der Waals surface area contributed by atoms with Crippen LogP contribution in [0.1, 0.15) is 36.2 Å². The zero-order valence-electron chi connectivity index (χ0n) is 12.1. The number of hydrogen-bond acceptors (Lipinski definition) is 4. The Hall–Kier alpha value is -2.44. The van der Waals surface area contributed by atoms with Crippen molar-refractivity contribution < 1.29 is 19.6 Å². The average molecular weight is 294 g/mol. The van der Waals surface area contributed by atoms with E-state index in [1.165, 1.54) is 12.1 Å². The van der Waals surface area contributed by atoms with Gasteiger partial charge in [-0.05, 0) is 25.3 Å². The summed E-state index contributed by atoms with van der Waals surface area (Å²) < 4.78 is 0. The molecule has 0 aliphatic heterocycles. The highest BCUT2D eigenvalue weighted by Gasteiger charge is 2.23. The predicted molar refractivity (Wildman–Crippen MR) is 76.2 cm³/mol. The summed E-state index contributed by atoms with van der Waals surface area (Å²) in [6, 6.07) is 3.04. The number of carboxylic acids is 1. The normalized spacial score (nSPS) is 12.0. The molecule has 2 N–H and O–H groups in total. The van der Waals surface area contributed by atoms with E-state index < -0.39 is 22.8 Å². The lowest BCUT2D eigenvalue weighted by atomic mass is 10.0. The lowest BCUT2D eigenvalue weighted by molar-refractivity contribution is -0.385. The van der Waals surface area contributed by atoms with Crippen LogP contribution in [0.4, 0.5) is 5.69 Å². The fourth-order valence-corrected chi connectivity index (χ4v) is 1.88. The van der Waals surface area contributed by atoms with Gasteiger partial charge in [0.15, 0.2) is 0 Å². The number of carbonyl (C=O) groups excluding carboxylic acids is 1. The minimum absolute atomic E-state index is 0.0716. The van der Waals surface area contributed by atoms with Crippen LogP contribution in [-0.2, 0) is 4.79 Å². The van der Waals surface area contributed by atoms with Gasteiger partial charge in [0.25, 0.3) is 11.6 Å². The molecule has 0 heterocycles. The molecule has 1 aromatic rings. The van der Waals surface area contributed by atoms with Crippen molar-refractivity contribution in [2.75, 3.05) is 0 Å². The van der Waals surface area contributed by atoms with E-state index in [9.17, 15) is 19.7 Å². The molecule has 1 rings (SSSR count). The van der Waals surface area contributed by atoms with E-state index in [0.717, 1.165) is 6.07 Å². The number of carboxylic acid groups (broad SMARTS) is 1. The lowest BCUT2D eigenvalue weighted by Crippen LogP contribution is -2.41. The van der Waals surface area contributed by atoms with Gasteiger partial charge in [-0.2, -0.15) is 0 Å². The van der Waals surface area contributed by atoms with Gasteiger partial charge < -0.3 is 10.4 Å². The van der Waals surface area contributed by atoms with E-state index in [1.807, 2.05) is 13.8 Å². The Balaban J connectivity index is 2.95. The van der Waals surface area contributed by atoms with Crippen LogP contribution in [0, 0.1) is 23.0 Å². The van der Waals surface area contributed by atoms with Gasteiger partial charge in [-0.25, -0.2) is 4.79 Å². The van der Waals surface area contributed by atoms with E-state index in [4.69, 9.17) is 5.11 Å². The van der Waals surface area contributed by atoms with E-state index in [2.05, 4.69) is 5.32 Å². The molecule has 1 unspecified atom stereocenters. The van der Waals surface area contributed by atoms with Gasteiger partial charge in [0, 0.05) is 17.2 Å². The molecule has 1 amide bonds. The Kier molecular flexibility index (Phi) is 5.40. The highest BCUT2D eigenvalue weighted by molar-refractivity contribution is 5.97. The summed E-state index contributed by atoms with van der Waals surface area (Å²) in [6.07, 6.45) is 0.287. The topological polar surface area (TPSA) is 110 Å². The molecule has 0 saturated carbocycles. The van der Waals surface area contributed by atoms with Gasteiger partial charge in [0.2, 0.25) is 0 Å². The first-order valence-corrected chi connectivity index (χ1v) is 6.51. The van der Waals surface area contributed by atoms with Crippen molar-refractivity contribution >= 4 is 17.6 Å². The highest BCUT2D eigenvalue weighted by atomic mass is 16.6. The predicted octanol–water partition coefficient (Wildman–Crippen LogP) is 2.13. The van der Waals surface area contributed by atoms with E-state index in [0.29, 0.717) is 5.56 Å². The molecule has 0 aliphatic carbocycles. The van der Waals surface area contributed by atoms with E-state index in [1.54, 1.807) is 6.92 Å². The van der Waals surface area contributed by atoms with Crippen LogP contribution < -0.4 is 5.32 Å². The Morgan fingerprint density at radius 3 is 2.48 bits per heavy atom. The second-order valence-corrected chi connectivity index (χ2v) is 5.25. The number of carbonyl (C=O) groups is 2. The molecular weight excluding hydrogens is 276 g/mol. The summed E-state index contributed by atoms with van der Waals surface area (Å²) in [6.45, 7) is 5.26. The molecule has 7 nitrogen and oxygen atoms in total. The number of benzene rings is 1. The summed E-state index contributed by atoms with van der Waals surface area (Å²) in [7, 11) is 0. The molecule has 1 atom stereocenters. The van der Waals surface area contributed by atoms with Crippen LogP contribution >= 0.6 is 0 Å². The standard InChI is InChI=1S/C14H18N2O5/c1-8(2)6-11(14(18)19)15-13(17)10-5-4-9(3)12(7-10)16(20)21/h4-5,7-8,11H,6H2,1-3H3,(H,15,17)(H,18,19). The maximum absolute atomic E-state index is 12.0. The quantitative estimate of drug-likeness (QED) is 0.617. The molecule has 114 valence electrons. The Morgan fingerprint density at radius 1 is 1.38 bits per heavy atom. The van der Waals surface area contributed by atoms with Crippen LogP contribution in [0.15, 0.2) is 18.2 Å². The third-order valence-electron chi connectivity index (χ3n) is 2.98. The maximum atomic E-state index is 12.0. The van der Waals surface area contributed by atoms with Crippen LogP contribution in [0.25, 0.3) is 0 Å². The van der Waals surface area contributed by atoms with Crippen LogP contribution in [0.5, 0.6) is 0 Å². The summed E-state index contributed by atoms with van der Waals surface area (Å²) in [4.78, 5) is 33.4. The minimum atomic E-state index is -1.13. The number of nitrogens with one attached hydrogen (secondary N) is 1. The molecule has 0 aromatic heterocycles. The maximum Gasteiger partial charge on any atom is 0.326 e. The second-order valence-electron chi connectivity index (χ2n) is 5.25. The van der Waals surface area contributed by atoms with Crippen molar-refractivity contribution in [2.45, 2.75) is 33.2 Å². The molecule has 21 heavy (non-hydrogen) atoms. The zero-order valence-corrected chi connectivity index (χ0v) is 12.1. The third-order valence-corrected chi connectivity index (χ3v) is 2.98. The molecule has 0 aliphatic rings. The minimum Gasteiger partial charge on any atom is -0.480 e. The van der Waals surface area contributed by atoms with Gasteiger partial charge in [0.1, 0.15) is 6.04 Å². The van der Waals surface area contributed by atoms with Crippen molar-refractivity contribution in [1.82, 2.24) is 5.32 Å². The SMILES string of the molecule is Cc1ccc(C(=O)NC(CC(C)C)C(=O)O)cc1[N+](=O)[O-]. The lowest BCUT2D eigenvalue weighted by Gasteiger charge is -2.16. The Labute approximate surface area is 122 Å². The molecular formula is C14H18N2O5. The summed E-state index contributed by atoms with van der Waals surface area (Å²) >= 11 is 0. The van der Waals surface area contributed by atoms with Gasteiger partial charge in [-0.15, -0.1) is 0 Å². The Morgan fingerprint density at radius 2 is 2.00 bits per heavy atom. The van der Waals surface area contributed by atoms with Gasteiger partial charge in [-0.3, -0.25) is 14.9 Å². The average Bonchev–Trinajstić information content (AvgIpc) is 2.37. The number of nitro benzene ring substituents is 1. The number of rotatable bonds is 6. The van der Waals surface area contributed by atoms with Crippen molar-refractivity contribution in [3.8, 4) is 0 Å².